The maximum atomic E-state index is 12.1. The van der Waals surface area contributed by atoms with Crippen LogP contribution in [0.1, 0.15) is 18.2 Å². The Morgan fingerprint density at radius 3 is 2.74 bits per heavy atom. The Labute approximate surface area is 135 Å². The predicted octanol–water partition coefficient (Wildman–Crippen LogP) is 3.56. The van der Waals surface area contributed by atoms with Crippen LogP contribution >= 0.6 is 0 Å². The van der Waals surface area contributed by atoms with Gasteiger partial charge in [0.1, 0.15) is 5.75 Å². The lowest BCUT2D eigenvalue weighted by atomic mass is 10.1. The monoisotopic (exact) mass is 308 g/mol. The molecule has 1 amide bonds. The number of aromatic amines is 1. The van der Waals surface area contributed by atoms with Gasteiger partial charge in [0.15, 0.2) is 6.10 Å². The molecular weight excluding hydrogens is 288 g/mol. The van der Waals surface area contributed by atoms with E-state index in [1.54, 1.807) is 6.92 Å². The van der Waals surface area contributed by atoms with Gasteiger partial charge in [-0.3, -0.25) is 4.79 Å². The van der Waals surface area contributed by atoms with E-state index in [1.807, 2.05) is 49.4 Å². The molecule has 23 heavy (non-hydrogen) atoms. The Kier molecular flexibility index (Phi) is 4.33. The first-order valence-electron chi connectivity index (χ1n) is 7.69. The van der Waals surface area contributed by atoms with Gasteiger partial charge in [-0.25, -0.2) is 0 Å². The average molecular weight is 308 g/mol. The molecule has 0 saturated carbocycles. The van der Waals surface area contributed by atoms with Crippen molar-refractivity contribution >= 4 is 16.8 Å². The predicted molar refractivity (Wildman–Crippen MR) is 91.4 cm³/mol. The van der Waals surface area contributed by atoms with E-state index in [2.05, 4.69) is 22.4 Å². The molecule has 0 spiro atoms. The molecule has 4 nitrogen and oxygen atoms in total. The van der Waals surface area contributed by atoms with Crippen LogP contribution in [0.5, 0.6) is 5.75 Å². The van der Waals surface area contributed by atoms with Crippen LogP contribution in [-0.2, 0) is 11.3 Å². The number of H-pyrrole nitrogens is 1. The fraction of sp³-hybridized carbons (Fsp3) is 0.211. The zero-order valence-corrected chi connectivity index (χ0v) is 13.3. The van der Waals surface area contributed by atoms with Gasteiger partial charge in [0.25, 0.3) is 5.91 Å². The van der Waals surface area contributed by atoms with Crippen LogP contribution in [0.3, 0.4) is 0 Å². The minimum atomic E-state index is -0.532. The van der Waals surface area contributed by atoms with Crippen LogP contribution in [0, 0.1) is 6.92 Å². The molecule has 0 fully saturated rings. The molecule has 0 aliphatic rings. The van der Waals surface area contributed by atoms with E-state index in [9.17, 15) is 4.79 Å². The number of rotatable bonds is 5. The maximum absolute atomic E-state index is 12.1. The fourth-order valence-electron chi connectivity index (χ4n) is 2.53. The van der Waals surface area contributed by atoms with Crippen LogP contribution in [0.4, 0.5) is 0 Å². The molecule has 0 radical (unpaired) electrons. The lowest BCUT2D eigenvalue weighted by Gasteiger charge is -2.14. The molecule has 3 aromatic rings. The van der Waals surface area contributed by atoms with Gasteiger partial charge in [0, 0.05) is 17.8 Å². The molecule has 0 aliphatic carbocycles. The highest BCUT2D eigenvalue weighted by Gasteiger charge is 2.14. The minimum Gasteiger partial charge on any atom is -0.481 e. The van der Waals surface area contributed by atoms with Gasteiger partial charge in [-0.2, -0.15) is 0 Å². The Morgan fingerprint density at radius 1 is 1.17 bits per heavy atom. The highest BCUT2D eigenvalue weighted by atomic mass is 16.5. The molecule has 2 aromatic carbocycles. The van der Waals surface area contributed by atoms with Crippen molar-refractivity contribution in [1.82, 2.24) is 10.3 Å². The van der Waals surface area contributed by atoms with Crippen molar-refractivity contribution in [2.24, 2.45) is 0 Å². The largest absolute Gasteiger partial charge is 0.481 e. The summed E-state index contributed by atoms with van der Waals surface area (Å²) in [4.78, 5) is 15.4. The summed E-state index contributed by atoms with van der Waals surface area (Å²) in [7, 11) is 0. The summed E-state index contributed by atoms with van der Waals surface area (Å²) in [6, 6.07) is 17.6. The molecule has 118 valence electrons. The third-order valence-corrected chi connectivity index (χ3v) is 3.71. The normalized spacial score (nSPS) is 12.1. The lowest BCUT2D eigenvalue weighted by Crippen LogP contribution is -2.35. The van der Waals surface area contributed by atoms with E-state index in [0.717, 1.165) is 22.2 Å². The van der Waals surface area contributed by atoms with Crippen LogP contribution in [0.25, 0.3) is 10.9 Å². The SMILES string of the molecule is Cc1cc2cc(CNC(=O)[C@H](C)Oc3ccccc3)ccc2[nH]1. The smallest absolute Gasteiger partial charge is 0.261 e. The first kappa shape index (κ1) is 15.2. The quantitative estimate of drug-likeness (QED) is 0.757. The van der Waals surface area contributed by atoms with Gasteiger partial charge in [-0.1, -0.05) is 24.3 Å². The minimum absolute atomic E-state index is 0.126. The summed E-state index contributed by atoms with van der Waals surface area (Å²) in [6.45, 7) is 4.27. The number of carbonyl (C=O) groups excluding carboxylic acids is 1. The fourth-order valence-corrected chi connectivity index (χ4v) is 2.53. The maximum Gasteiger partial charge on any atom is 0.261 e. The van der Waals surface area contributed by atoms with E-state index >= 15 is 0 Å². The first-order chi connectivity index (χ1) is 11.1. The average Bonchev–Trinajstić information content (AvgIpc) is 2.92. The second kappa shape index (κ2) is 6.57. The number of fused-ring (bicyclic) bond motifs is 1. The Bertz CT molecular complexity index is 809. The number of para-hydroxylation sites is 1. The molecule has 2 N–H and O–H groups in total. The number of ether oxygens (including phenoxy) is 1. The standard InChI is InChI=1S/C19H20N2O2/c1-13-10-16-11-15(8-9-18(16)21-13)12-20-19(22)14(2)23-17-6-4-3-5-7-17/h3-11,14,21H,12H2,1-2H3,(H,20,22)/t14-/m0/s1. The van der Waals surface area contributed by atoms with Crippen LogP contribution in [0.15, 0.2) is 54.6 Å². The number of amides is 1. The number of hydrogen-bond acceptors (Lipinski definition) is 2. The molecule has 0 bridgehead atoms. The molecule has 1 aromatic heterocycles. The van der Waals surface area contributed by atoms with E-state index in [1.165, 1.54) is 0 Å². The van der Waals surface area contributed by atoms with Crippen molar-refractivity contribution in [2.45, 2.75) is 26.5 Å². The molecular formula is C19H20N2O2. The van der Waals surface area contributed by atoms with Gasteiger partial charge in [-0.15, -0.1) is 0 Å². The van der Waals surface area contributed by atoms with Crippen molar-refractivity contribution in [3.8, 4) is 5.75 Å². The number of hydrogen-bond donors (Lipinski definition) is 2. The second-order valence-corrected chi connectivity index (χ2v) is 5.66. The summed E-state index contributed by atoms with van der Waals surface area (Å²) in [6.07, 6.45) is -0.532. The van der Waals surface area contributed by atoms with Gasteiger partial charge >= 0.3 is 0 Å². The summed E-state index contributed by atoms with van der Waals surface area (Å²) in [5.74, 6) is 0.568. The Balaban J connectivity index is 1.58. The van der Waals surface area contributed by atoms with Crippen molar-refractivity contribution in [3.05, 3.63) is 65.9 Å². The molecule has 3 rings (SSSR count). The topological polar surface area (TPSA) is 54.1 Å². The molecule has 1 heterocycles. The summed E-state index contributed by atoms with van der Waals surface area (Å²) in [5, 5.41) is 4.07. The molecule has 0 unspecified atom stereocenters. The zero-order chi connectivity index (χ0) is 16.2. The third-order valence-electron chi connectivity index (χ3n) is 3.71. The van der Waals surface area contributed by atoms with E-state index in [-0.39, 0.29) is 5.91 Å². The van der Waals surface area contributed by atoms with Crippen molar-refractivity contribution in [1.29, 1.82) is 0 Å². The van der Waals surface area contributed by atoms with Gasteiger partial charge in [0.2, 0.25) is 0 Å². The summed E-state index contributed by atoms with van der Waals surface area (Å²) < 4.78 is 5.62. The van der Waals surface area contributed by atoms with Crippen molar-refractivity contribution in [3.63, 3.8) is 0 Å². The van der Waals surface area contributed by atoms with Crippen molar-refractivity contribution < 1.29 is 9.53 Å². The van der Waals surface area contributed by atoms with E-state index in [4.69, 9.17) is 4.74 Å². The number of benzene rings is 2. The van der Waals surface area contributed by atoms with Gasteiger partial charge in [0.05, 0.1) is 0 Å². The van der Waals surface area contributed by atoms with Crippen LogP contribution in [-0.4, -0.2) is 17.0 Å². The number of aromatic nitrogens is 1. The number of carbonyl (C=O) groups is 1. The van der Waals surface area contributed by atoms with Gasteiger partial charge in [-0.05, 0) is 55.1 Å². The summed E-state index contributed by atoms with van der Waals surface area (Å²) in [5.41, 5.74) is 3.31. The zero-order valence-electron chi connectivity index (χ0n) is 13.3. The molecule has 0 saturated heterocycles. The second-order valence-electron chi connectivity index (χ2n) is 5.66. The molecule has 0 aliphatic heterocycles. The van der Waals surface area contributed by atoms with Crippen molar-refractivity contribution in [2.75, 3.05) is 0 Å². The Hall–Kier alpha value is -2.75. The van der Waals surface area contributed by atoms with Crippen LogP contribution < -0.4 is 10.1 Å². The Morgan fingerprint density at radius 2 is 1.96 bits per heavy atom. The lowest BCUT2D eigenvalue weighted by molar-refractivity contribution is -0.127. The first-order valence-corrected chi connectivity index (χ1v) is 7.69. The summed E-state index contributed by atoms with van der Waals surface area (Å²) >= 11 is 0. The third kappa shape index (κ3) is 3.72. The van der Waals surface area contributed by atoms with E-state index < -0.39 is 6.10 Å². The molecule has 1 atom stereocenters. The highest BCUT2D eigenvalue weighted by Crippen LogP contribution is 2.17. The molecule has 4 heteroatoms. The van der Waals surface area contributed by atoms with Crippen LogP contribution in [0.2, 0.25) is 0 Å². The van der Waals surface area contributed by atoms with Gasteiger partial charge < -0.3 is 15.0 Å². The number of aryl methyl sites for hydroxylation is 1. The highest BCUT2D eigenvalue weighted by molar-refractivity contribution is 5.82. The van der Waals surface area contributed by atoms with E-state index in [0.29, 0.717) is 12.3 Å². The number of nitrogens with one attached hydrogen (secondary N) is 2.